The van der Waals surface area contributed by atoms with Crippen molar-refractivity contribution in [3.05, 3.63) is 40.3 Å². The molecule has 0 saturated carbocycles. The lowest BCUT2D eigenvalue weighted by molar-refractivity contribution is -0.113. The van der Waals surface area contributed by atoms with Crippen molar-refractivity contribution in [3.63, 3.8) is 0 Å². The van der Waals surface area contributed by atoms with Gasteiger partial charge in [0.1, 0.15) is 10.8 Å². The van der Waals surface area contributed by atoms with Crippen LogP contribution in [0.25, 0.3) is 11.4 Å². The maximum atomic E-state index is 12.7. The first-order chi connectivity index (χ1) is 15.9. The number of hydrogen-bond acceptors (Lipinski definition) is 8. The molecule has 0 spiro atoms. The molecule has 1 unspecified atom stereocenters. The van der Waals surface area contributed by atoms with Gasteiger partial charge in [0, 0.05) is 17.5 Å². The normalized spacial score (nSPS) is 15.1. The van der Waals surface area contributed by atoms with E-state index >= 15 is 0 Å². The number of rotatable bonds is 7. The van der Waals surface area contributed by atoms with Crippen LogP contribution in [0.5, 0.6) is 5.75 Å². The second-order valence-electron chi connectivity index (χ2n) is 7.98. The fourth-order valence-electron chi connectivity index (χ4n) is 3.88. The molecular weight excluding hydrogens is 460 g/mol. The number of hydrogen-bond donors (Lipinski definition) is 1. The standard InChI is InChI=1S/C23H26N4O4S2/c1-13-5-10-16-17(11-13)33-21(19(16)22(29)31-4)24-18(28)12-32-23-26-25-20(27(23)2)14-6-8-15(30-3)9-7-14/h6-9,13H,5,10-12H2,1-4H3,(H,24,28). The van der Waals surface area contributed by atoms with Gasteiger partial charge in [-0.15, -0.1) is 21.5 Å². The molecule has 2 heterocycles. The Morgan fingerprint density at radius 1 is 1.24 bits per heavy atom. The second kappa shape index (κ2) is 9.96. The summed E-state index contributed by atoms with van der Waals surface area (Å²) in [5.74, 6) is 1.58. The van der Waals surface area contributed by atoms with E-state index in [0.717, 1.165) is 41.0 Å². The summed E-state index contributed by atoms with van der Waals surface area (Å²) in [5, 5.41) is 12.6. The van der Waals surface area contributed by atoms with Crippen molar-refractivity contribution in [3.8, 4) is 17.1 Å². The summed E-state index contributed by atoms with van der Waals surface area (Å²) in [7, 11) is 4.86. The van der Waals surface area contributed by atoms with Crippen molar-refractivity contribution >= 4 is 40.0 Å². The van der Waals surface area contributed by atoms with Gasteiger partial charge in [-0.05, 0) is 55.0 Å². The third kappa shape index (κ3) is 4.91. The minimum atomic E-state index is -0.401. The van der Waals surface area contributed by atoms with E-state index in [1.165, 1.54) is 30.2 Å². The number of benzene rings is 1. The maximum Gasteiger partial charge on any atom is 0.341 e. The van der Waals surface area contributed by atoms with Crippen LogP contribution in [-0.2, 0) is 29.4 Å². The molecule has 1 aliphatic carbocycles. The monoisotopic (exact) mass is 486 g/mol. The predicted octanol–water partition coefficient (Wildman–Crippen LogP) is 4.19. The zero-order valence-corrected chi connectivity index (χ0v) is 20.6. The molecule has 1 atom stereocenters. The van der Waals surface area contributed by atoms with Crippen molar-refractivity contribution in [2.75, 3.05) is 25.3 Å². The van der Waals surface area contributed by atoms with Gasteiger partial charge >= 0.3 is 5.97 Å². The smallest absolute Gasteiger partial charge is 0.341 e. The van der Waals surface area contributed by atoms with E-state index in [0.29, 0.717) is 27.5 Å². The van der Waals surface area contributed by atoms with Crippen LogP contribution in [0.1, 0.15) is 34.1 Å². The molecule has 0 fully saturated rings. The Labute approximate surface area is 200 Å². The Balaban J connectivity index is 1.45. The van der Waals surface area contributed by atoms with Crippen molar-refractivity contribution in [1.29, 1.82) is 0 Å². The van der Waals surface area contributed by atoms with Gasteiger partial charge in [-0.3, -0.25) is 4.79 Å². The minimum absolute atomic E-state index is 0.147. The molecule has 4 rings (SSSR count). The van der Waals surface area contributed by atoms with Gasteiger partial charge in [0.15, 0.2) is 11.0 Å². The Morgan fingerprint density at radius 2 is 2.00 bits per heavy atom. The van der Waals surface area contributed by atoms with Gasteiger partial charge in [-0.25, -0.2) is 4.79 Å². The van der Waals surface area contributed by atoms with E-state index in [1.54, 1.807) is 7.11 Å². The summed E-state index contributed by atoms with van der Waals surface area (Å²) in [5.41, 5.74) is 2.43. The van der Waals surface area contributed by atoms with Gasteiger partial charge in [-0.2, -0.15) is 0 Å². The van der Waals surface area contributed by atoms with Crippen LogP contribution in [0.15, 0.2) is 29.4 Å². The van der Waals surface area contributed by atoms with E-state index in [2.05, 4.69) is 22.4 Å². The molecular formula is C23H26N4O4S2. The number of anilines is 1. The highest BCUT2D eigenvalue weighted by molar-refractivity contribution is 7.99. The topological polar surface area (TPSA) is 95.3 Å². The van der Waals surface area contributed by atoms with Gasteiger partial charge in [0.2, 0.25) is 5.91 Å². The lowest BCUT2D eigenvalue weighted by atomic mass is 9.88. The van der Waals surface area contributed by atoms with E-state index < -0.39 is 5.97 Å². The molecule has 1 aliphatic rings. The van der Waals surface area contributed by atoms with Gasteiger partial charge in [-0.1, -0.05) is 18.7 Å². The largest absolute Gasteiger partial charge is 0.497 e. The highest BCUT2D eigenvalue weighted by Crippen LogP contribution is 2.40. The summed E-state index contributed by atoms with van der Waals surface area (Å²) in [6.07, 6.45) is 2.77. The Hall–Kier alpha value is -2.85. The van der Waals surface area contributed by atoms with Crippen LogP contribution in [0.3, 0.4) is 0 Å². The molecule has 1 amide bonds. The lowest BCUT2D eigenvalue weighted by Crippen LogP contribution is -2.17. The molecule has 0 aliphatic heterocycles. The fraction of sp³-hybridized carbons (Fsp3) is 0.391. The number of ether oxygens (including phenoxy) is 2. The van der Waals surface area contributed by atoms with Crippen LogP contribution in [0.2, 0.25) is 0 Å². The number of thiophene rings is 1. The third-order valence-electron chi connectivity index (χ3n) is 5.67. The zero-order valence-electron chi connectivity index (χ0n) is 19.0. The molecule has 3 aromatic rings. The van der Waals surface area contributed by atoms with E-state index in [9.17, 15) is 9.59 Å². The number of carbonyl (C=O) groups is 2. The molecule has 33 heavy (non-hydrogen) atoms. The summed E-state index contributed by atoms with van der Waals surface area (Å²) in [6, 6.07) is 7.56. The van der Waals surface area contributed by atoms with Gasteiger partial charge < -0.3 is 19.4 Å². The first kappa shape index (κ1) is 23.3. The van der Waals surface area contributed by atoms with Crippen LogP contribution >= 0.6 is 23.1 Å². The van der Waals surface area contributed by atoms with Crippen LogP contribution in [0, 0.1) is 5.92 Å². The Morgan fingerprint density at radius 3 is 2.70 bits per heavy atom. The van der Waals surface area contributed by atoms with E-state index in [-0.39, 0.29) is 11.7 Å². The second-order valence-corrected chi connectivity index (χ2v) is 10.0. The summed E-state index contributed by atoms with van der Waals surface area (Å²) >= 11 is 2.78. The van der Waals surface area contributed by atoms with Crippen LogP contribution < -0.4 is 10.1 Å². The lowest BCUT2D eigenvalue weighted by Gasteiger charge is -2.18. The molecule has 8 nitrogen and oxygen atoms in total. The molecule has 1 aromatic carbocycles. The molecule has 10 heteroatoms. The molecule has 174 valence electrons. The third-order valence-corrected chi connectivity index (χ3v) is 7.86. The number of amides is 1. The summed E-state index contributed by atoms with van der Waals surface area (Å²) < 4.78 is 12.0. The van der Waals surface area contributed by atoms with Crippen molar-refractivity contribution in [1.82, 2.24) is 14.8 Å². The maximum absolute atomic E-state index is 12.7. The van der Waals surface area contributed by atoms with Crippen LogP contribution in [0.4, 0.5) is 5.00 Å². The van der Waals surface area contributed by atoms with Crippen LogP contribution in [-0.4, -0.2) is 46.6 Å². The zero-order chi connectivity index (χ0) is 23.5. The van der Waals surface area contributed by atoms with Crippen molar-refractivity contribution < 1.29 is 19.1 Å². The van der Waals surface area contributed by atoms with Crippen molar-refractivity contribution in [2.45, 2.75) is 31.3 Å². The predicted molar refractivity (Wildman–Crippen MR) is 129 cm³/mol. The Kier molecular flexibility index (Phi) is 7.04. The molecule has 2 aromatic heterocycles. The molecule has 0 saturated heterocycles. The number of methoxy groups -OCH3 is 2. The number of nitrogens with one attached hydrogen (secondary N) is 1. The average Bonchev–Trinajstić information content (AvgIpc) is 3.36. The highest BCUT2D eigenvalue weighted by Gasteiger charge is 2.29. The molecule has 1 N–H and O–H groups in total. The van der Waals surface area contributed by atoms with E-state index in [1.807, 2.05) is 35.9 Å². The number of fused-ring (bicyclic) bond motifs is 1. The molecule has 0 radical (unpaired) electrons. The first-order valence-corrected chi connectivity index (χ1v) is 12.4. The van der Waals surface area contributed by atoms with Gasteiger partial charge in [0.25, 0.3) is 0 Å². The number of thioether (sulfide) groups is 1. The number of carbonyl (C=O) groups excluding carboxylic acids is 2. The Bertz CT molecular complexity index is 1170. The van der Waals surface area contributed by atoms with Gasteiger partial charge in [0.05, 0.1) is 25.5 Å². The number of aromatic nitrogens is 3. The summed E-state index contributed by atoms with van der Waals surface area (Å²) in [4.78, 5) is 26.3. The first-order valence-electron chi connectivity index (χ1n) is 10.6. The highest BCUT2D eigenvalue weighted by atomic mass is 32.2. The summed E-state index contributed by atoms with van der Waals surface area (Å²) in [6.45, 7) is 2.20. The number of nitrogens with zero attached hydrogens (tertiary/aromatic N) is 3. The molecule has 0 bridgehead atoms. The number of esters is 1. The average molecular weight is 487 g/mol. The van der Waals surface area contributed by atoms with E-state index in [4.69, 9.17) is 9.47 Å². The fourth-order valence-corrected chi connectivity index (χ4v) is 6.01. The SMILES string of the molecule is COC(=O)c1c(NC(=O)CSc2nnc(-c3ccc(OC)cc3)n2C)sc2c1CCC(C)C2. The quantitative estimate of drug-likeness (QED) is 0.395. The van der Waals surface area contributed by atoms with Crippen molar-refractivity contribution in [2.24, 2.45) is 13.0 Å². The minimum Gasteiger partial charge on any atom is -0.497 e.